The van der Waals surface area contributed by atoms with Crippen molar-refractivity contribution >= 4 is 34.1 Å². The predicted molar refractivity (Wildman–Crippen MR) is 137 cm³/mol. The Labute approximate surface area is 209 Å². The number of benzene rings is 1. The third-order valence-corrected chi connectivity index (χ3v) is 6.75. The molecule has 10 heteroatoms. The van der Waals surface area contributed by atoms with Gasteiger partial charge in [-0.25, -0.2) is 14.8 Å². The van der Waals surface area contributed by atoms with E-state index in [2.05, 4.69) is 26.4 Å². The Bertz CT molecular complexity index is 1460. The van der Waals surface area contributed by atoms with E-state index in [4.69, 9.17) is 9.72 Å². The summed E-state index contributed by atoms with van der Waals surface area (Å²) in [4.78, 5) is 39.6. The SMILES string of the molecule is CCCCOC(=O)N1CCC(C)(NC(=O)c2c[nH]c3ncc(-c4nn(C)c5cc(C)ccc45)nc23)C1. The molecule has 0 spiro atoms. The third kappa shape index (κ3) is 4.38. The van der Waals surface area contributed by atoms with Crippen molar-refractivity contribution in [3.05, 3.63) is 41.7 Å². The minimum Gasteiger partial charge on any atom is -0.449 e. The first-order valence-corrected chi connectivity index (χ1v) is 12.3. The van der Waals surface area contributed by atoms with Crippen molar-refractivity contribution in [2.75, 3.05) is 19.7 Å². The maximum absolute atomic E-state index is 13.3. The highest BCUT2D eigenvalue weighted by molar-refractivity contribution is 6.05. The quantitative estimate of drug-likeness (QED) is 0.396. The number of H-pyrrole nitrogens is 1. The first kappa shape index (κ1) is 23.8. The Balaban J connectivity index is 1.37. The van der Waals surface area contributed by atoms with Crippen LogP contribution in [0, 0.1) is 6.92 Å². The number of fused-ring (bicyclic) bond motifs is 2. The van der Waals surface area contributed by atoms with Crippen molar-refractivity contribution in [3.63, 3.8) is 0 Å². The summed E-state index contributed by atoms with van der Waals surface area (Å²) < 4.78 is 7.16. The summed E-state index contributed by atoms with van der Waals surface area (Å²) in [5.41, 5.74) is 4.31. The fraction of sp³-hybridized carbons (Fsp3) is 0.423. The average molecular weight is 490 g/mol. The molecule has 4 heterocycles. The lowest BCUT2D eigenvalue weighted by atomic mass is 10.0. The van der Waals surface area contributed by atoms with Gasteiger partial charge in [0, 0.05) is 31.7 Å². The van der Waals surface area contributed by atoms with E-state index in [1.54, 1.807) is 17.3 Å². The number of amides is 2. The number of aromatic amines is 1. The maximum Gasteiger partial charge on any atom is 0.409 e. The molecule has 0 aliphatic carbocycles. The molecule has 1 aliphatic rings. The van der Waals surface area contributed by atoms with Gasteiger partial charge in [-0.2, -0.15) is 5.10 Å². The monoisotopic (exact) mass is 489 g/mol. The van der Waals surface area contributed by atoms with Crippen molar-refractivity contribution in [1.82, 2.24) is 34.9 Å². The Kier molecular flexibility index (Phi) is 6.11. The van der Waals surface area contributed by atoms with Gasteiger partial charge in [-0.1, -0.05) is 25.5 Å². The molecule has 1 fully saturated rings. The van der Waals surface area contributed by atoms with Gasteiger partial charge in [0.25, 0.3) is 5.91 Å². The third-order valence-electron chi connectivity index (χ3n) is 6.75. The molecule has 0 saturated carbocycles. The van der Waals surface area contributed by atoms with Crippen LogP contribution in [0.5, 0.6) is 0 Å². The Morgan fingerprint density at radius 2 is 2.14 bits per heavy atom. The molecule has 36 heavy (non-hydrogen) atoms. The summed E-state index contributed by atoms with van der Waals surface area (Å²) in [6.45, 7) is 7.37. The summed E-state index contributed by atoms with van der Waals surface area (Å²) in [6, 6.07) is 6.15. The number of likely N-dealkylation sites (tertiary alicyclic amines) is 1. The van der Waals surface area contributed by atoms with Crippen LogP contribution >= 0.6 is 0 Å². The van der Waals surface area contributed by atoms with Crippen molar-refractivity contribution in [2.45, 2.75) is 45.6 Å². The molecule has 10 nitrogen and oxygen atoms in total. The second-order valence-corrected chi connectivity index (χ2v) is 9.80. The van der Waals surface area contributed by atoms with Crippen LogP contribution in [-0.2, 0) is 11.8 Å². The topological polar surface area (TPSA) is 118 Å². The number of carbonyl (C=O) groups excluding carboxylic acids is 2. The van der Waals surface area contributed by atoms with Gasteiger partial charge in [0.1, 0.15) is 16.9 Å². The van der Waals surface area contributed by atoms with E-state index in [0.29, 0.717) is 48.5 Å². The second-order valence-electron chi connectivity index (χ2n) is 9.80. The van der Waals surface area contributed by atoms with Crippen molar-refractivity contribution in [1.29, 1.82) is 0 Å². The van der Waals surface area contributed by atoms with Gasteiger partial charge in [-0.05, 0) is 38.3 Å². The normalized spacial score (nSPS) is 17.7. The number of hydrogen-bond donors (Lipinski definition) is 2. The largest absolute Gasteiger partial charge is 0.449 e. The number of ether oxygens (including phenoxy) is 1. The first-order chi connectivity index (χ1) is 17.3. The summed E-state index contributed by atoms with van der Waals surface area (Å²) in [6.07, 6.45) is 5.40. The minimum absolute atomic E-state index is 0.266. The second kappa shape index (κ2) is 9.25. The zero-order chi connectivity index (χ0) is 25.4. The smallest absolute Gasteiger partial charge is 0.409 e. The van der Waals surface area contributed by atoms with E-state index in [1.807, 2.05) is 44.6 Å². The van der Waals surface area contributed by atoms with E-state index in [-0.39, 0.29) is 12.0 Å². The highest BCUT2D eigenvalue weighted by Crippen LogP contribution is 2.29. The van der Waals surface area contributed by atoms with Gasteiger partial charge >= 0.3 is 6.09 Å². The summed E-state index contributed by atoms with van der Waals surface area (Å²) in [7, 11) is 1.90. The van der Waals surface area contributed by atoms with Gasteiger partial charge in [0.05, 0.1) is 29.4 Å². The van der Waals surface area contributed by atoms with Gasteiger partial charge < -0.3 is 19.9 Å². The van der Waals surface area contributed by atoms with Crippen LogP contribution in [0.25, 0.3) is 33.5 Å². The van der Waals surface area contributed by atoms with Crippen LogP contribution < -0.4 is 5.32 Å². The van der Waals surface area contributed by atoms with Crippen molar-refractivity contribution in [3.8, 4) is 11.4 Å². The van der Waals surface area contributed by atoms with Gasteiger partial charge in [0.15, 0.2) is 5.65 Å². The summed E-state index contributed by atoms with van der Waals surface area (Å²) in [5.74, 6) is -0.266. The Morgan fingerprint density at radius 3 is 2.94 bits per heavy atom. The molecule has 3 aromatic heterocycles. The van der Waals surface area contributed by atoms with Gasteiger partial charge in [-0.3, -0.25) is 9.48 Å². The lowest BCUT2D eigenvalue weighted by Gasteiger charge is -2.25. The number of rotatable bonds is 6. The van der Waals surface area contributed by atoms with Crippen molar-refractivity contribution in [2.24, 2.45) is 7.05 Å². The van der Waals surface area contributed by atoms with Gasteiger partial charge in [0.2, 0.25) is 0 Å². The molecular formula is C26H31N7O3. The molecule has 0 bridgehead atoms. The molecule has 1 saturated heterocycles. The fourth-order valence-corrected chi connectivity index (χ4v) is 4.69. The van der Waals surface area contributed by atoms with E-state index in [9.17, 15) is 9.59 Å². The lowest BCUT2D eigenvalue weighted by molar-refractivity contribution is 0.0891. The predicted octanol–water partition coefficient (Wildman–Crippen LogP) is 3.95. The van der Waals surface area contributed by atoms with Crippen LogP contribution in [0.4, 0.5) is 4.79 Å². The van der Waals surface area contributed by atoms with E-state index in [1.165, 1.54) is 0 Å². The molecule has 5 rings (SSSR count). The van der Waals surface area contributed by atoms with Crippen LogP contribution in [0.2, 0.25) is 0 Å². The molecule has 2 amide bonds. The van der Waals surface area contributed by atoms with Crippen molar-refractivity contribution < 1.29 is 14.3 Å². The Morgan fingerprint density at radius 1 is 1.31 bits per heavy atom. The highest BCUT2D eigenvalue weighted by atomic mass is 16.6. The maximum atomic E-state index is 13.3. The van der Waals surface area contributed by atoms with E-state index in [0.717, 1.165) is 35.0 Å². The van der Waals surface area contributed by atoms with E-state index < -0.39 is 5.54 Å². The number of carbonyl (C=O) groups is 2. The van der Waals surface area contributed by atoms with Crippen LogP contribution in [0.15, 0.2) is 30.6 Å². The first-order valence-electron chi connectivity index (χ1n) is 12.3. The molecule has 4 aromatic rings. The molecule has 1 aliphatic heterocycles. The highest BCUT2D eigenvalue weighted by Gasteiger charge is 2.38. The zero-order valence-corrected chi connectivity index (χ0v) is 21.1. The number of hydrogen-bond acceptors (Lipinski definition) is 6. The molecular weight excluding hydrogens is 458 g/mol. The standard InChI is InChI=1S/C26H31N7O3/c1-5-6-11-36-25(35)33-10-9-26(3,15-33)30-24(34)18-13-27-23-22(18)29-19(14-28-23)21-17-8-7-16(2)12-20(17)32(4)31-21/h7-8,12-14H,5-6,9-11,15H2,1-4H3,(H,27,28)(H,30,34). The molecule has 188 valence electrons. The summed E-state index contributed by atoms with van der Waals surface area (Å²) in [5, 5.41) is 8.75. The molecule has 2 N–H and O–H groups in total. The molecule has 1 unspecified atom stereocenters. The van der Waals surface area contributed by atoms with E-state index >= 15 is 0 Å². The number of nitrogens with one attached hydrogen (secondary N) is 2. The molecule has 1 aromatic carbocycles. The Hall–Kier alpha value is -3.95. The van der Waals surface area contributed by atoms with Crippen LogP contribution in [-0.4, -0.2) is 66.9 Å². The summed E-state index contributed by atoms with van der Waals surface area (Å²) >= 11 is 0. The lowest BCUT2D eigenvalue weighted by Crippen LogP contribution is -2.48. The number of nitrogens with zero attached hydrogens (tertiary/aromatic N) is 5. The van der Waals surface area contributed by atoms with Gasteiger partial charge in [-0.15, -0.1) is 0 Å². The fourth-order valence-electron chi connectivity index (χ4n) is 4.69. The number of aromatic nitrogens is 5. The zero-order valence-electron chi connectivity index (χ0n) is 21.1. The van der Waals surface area contributed by atoms with Crippen LogP contribution in [0.3, 0.4) is 0 Å². The minimum atomic E-state index is -0.565. The number of aryl methyl sites for hydroxylation is 2. The average Bonchev–Trinajstić information content (AvgIpc) is 3.54. The molecule has 0 radical (unpaired) electrons. The van der Waals surface area contributed by atoms with Crippen LogP contribution in [0.1, 0.15) is 49.0 Å². The molecule has 1 atom stereocenters. The number of unbranched alkanes of at least 4 members (excludes halogenated alkanes) is 1.